The maximum atomic E-state index is 10.8. The molecule has 0 rings (SSSR count). The summed E-state index contributed by atoms with van der Waals surface area (Å²) in [6, 6.07) is 0. The number of hydrogen-bond acceptors (Lipinski definition) is 5. The van der Waals surface area contributed by atoms with E-state index in [0.717, 1.165) is 35.0 Å². The Morgan fingerprint density at radius 3 is 2.00 bits per heavy atom. The van der Waals surface area contributed by atoms with E-state index in [1.807, 2.05) is 3.33 Å². The molecule has 0 aliphatic rings. The van der Waals surface area contributed by atoms with Crippen molar-refractivity contribution in [2.75, 3.05) is 7.11 Å². The predicted molar refractivity (Wildman–Crippen MR) is 62.7 cm³/mol. The van der Waals surface area contributed by atoms with Gasteiger partial charge < -0.3 is 10.2 Å². The Kier molecular flexibility index (Phi) is 15.6. The van der Waals surface area contributed by atoms with Gasteiger partial charge in [-0.05, 0) is 0 Å². The van der Waals surface area contributed by atoms with Gasteiger partial charge in [-0.1, -0.05) is 0 Å². The third-order valence-corrected chi connectivity index (χ3v) is 2.75. The summed E-state index contributed by atoms with van der Waals surface area (Å²) in [6.07, 6.45) is -1.02. The molecule has 1 unspecified atom stereocenters. The van der Waals surface area contributed by atoms with Gasteiger partial charge in [0.1, 0.15) is 0 Å². The van der Waals surface area contributed by atoms with E-state index in [1.165, 1.54) is 0 Å². The molecule has 0 aliphatic carbocycles. The third-order valence-electron chi connectivity index (χ3n) is 1.22. The molecular formula is C7H12Na2O7S. The molecule has 0 fully saturated rings. The molecule has 7 nitrogen and oxygen atoms in total. The Balaban J connectivity index is -0.000000440. The molecular weight excluding hydrogens is 274 g/mol. The molecule has 0 aromatic carbocycles. The number of carbonyl (C=O) groups is 2. The van der Waals surface area contributed by atoms with E-state index in [0.29, 0.717) is 0 Å². The predicted octanol–water partition coefficient (Wildman–Crippen LogP) is -1.46. The molecule has 0 aromatic heterocycles. The third kappa shape index (κ3) is 11.4. The Labute approximate surface area is 139 Å². The van der Waals surface area contributed by atoms with Crippen LogP contribution in [0.3, 0.4) is 0 Å². The number of aliphatic carboxylic acids is 2. The van der Waals surface area contributed by atoms with Gasteiger partial charge in [0.15, 0.2) is 5.25 Å². The monoisotopic (exact) mass is 286 g/mol. The molecule has 2 N–H and O–H groups in total. The van der Waals surface area contributed by atoms with E-state index in [-0.39, 0.29) is 29.6 Å². The van der Waals surface area contributed by atoms with Gasteiger partial charge in [0, 0.05) is 0 Å². The molecule has 0 spiro atoms. The van der Waals surface area contributed by atoms with E-state index in [4.69, 9.17) is 10.2 Å². The fraction of sp³-hybridized carbons (Fsp3) is 0.429. The Hall–Kier alpha value is 0.590. The minimum absolute atomic E-state index is 0. The maximum absolute atomic E-state index is 10.8. The standard InChI is InChI=1S/C5H8O7S.C2H3.2Na.H/c1-12-13(10,11)3(5(8)9)2-4(6)7;1-2;;;/h3H,2H2,1H3,(H,6,7)(H,8,9);1H,2H2;;;. The van der Waals surface area contributed by atoms with Crippen molar-refractivity contribution in [3.8, 4) is 0 Å². The van der Waals surface area contributed by atoms with Crippen molar-refractivity contribution >= 4 is 79.5 Å². The number of hydrogen-bond donors (Lipinski definition) is 2. The van der Waals surface area contributed by atoms with E-state index in [9.17, 15) is 18.0 Å². The first-order chi connectivity index (χ1) is 7.22. The first kappa shape index (κ1) is 22.7. The molecule has 0 heterocycles. The van der Waals surface area contributed by atoms with Crippen LogP contribution in [0, 0.1) is 0 Å². The van der Waals surface area contributed by atoms with Gasteiger partial charge in [0.25, 0.3) is 10.1 Å². The topological polar surface area (TPSA) is 118 Å². The molecule has 0 saturated heterocycles. The van der Waals surface area contributed by atoms with Gasteiger partial charge in [-0.2, -0.15) is 8.42 Å². The van der Waals surface area contributed by atoms with Crippen LogP contribution in [-0.2, 0) is 23.9 Å². The molecule has 10 heteroatoms. The van der Waals surface area contributed by atoms with Crippen LogP contribution in [0.2, 0.25) is 0 Å². The van der Waals surface area contributed by atoms with E-state index < -0.39 is 33.7 Å². The molecule has 17 heavy (non-hydrogen) atoms. The van der Waals surface area contributed by atoms with Crippen molar-refractivity contribution in [3.05, 3.63) is 9.90 Å². The first-order valence-corrected chi connectivity index (χ1v) is 6.66. The van der Waals surface area contributed by atoms with Gasteiger partial charge >= 0.3 is 79.3 Å². The fourth-order valence-electron chi connectivity index (χ4n) is 0.588. The van der Waals surface area contributed by atoms with E-state index in [1.54, 1.807) is 0 Å². The molecule has 0 amide bonds. The normalized spacial score (nSPS) is 11.2. The quantitative estimate of drug-likeness (QED) is 0.468. The Morgan fingerprint density at radius 1 is 1.47 bits per heavy atom. The zero-order valence-corrected chi connectivity index (χ0v) is 11.7. The van der Waals surface area contributed by atoms with Crippen LogP contribution in [0.4, 0.5) is 0 Å². The summed E-state index contributed by atoms with van der Waals surface area (Å²) in [7, 11) is -3.56. The first-order valence-electron chi connectivity index (χ1n) is 4.04. The molecule has 0 bridgehead atoms. The average molecular weight is 286 g/mol. The number of carboxylic acid groups (broad SMARTS) is 2. The summed E-state index contributed by atoms with van der Waals surface area (Å²) in [5, 5.41) is 14.5. The summed E-state index contributed by atoms with van der Waals surface area (Å²) in [6.45, 7) is 3.42. The molecule has 0 aromatic rings. The number of rotatable bonds is 5. The second-order valence-corrected chi connectivity index (χ2v) is 5.20. The van der Waals surface area contributed by atoms with Crippen LogP contribution in [0.15, 0.2) is 9.90 Å². The van der Waals surface area contributed by atoms with Crippen LogP contribution in [0.25, 0.3) is 0 Å². The summed E-state index contributed by atoms with van der Waals surface area (Å²) in [4.78, 5) is 20.4. The van der Waals surface area contributed by atoms with E-state index >= 15 is 0 Å². The number of carboxylic acids is 2. The Bertz CT molecular complexity index is 351. The molecule has 1 atom stereocenters. The van der Waals surface area contributed by atoms with Crippen molar-refractivity contribution in [3.63, 3.8) is 0 Å². The van der Waals surface area contributed by atoms with Crippen LogP contribution in [0.1, 0.15) is 6.42 Å². The van der Waals surface area contributed by atoms with E-state index in [2.05, 4.69) is 10.8 Å². The van der Waals surface area contributed by atoms with Crippen molar-refractivity contribution in [2.24, 2.45) is 0 Å². The second-order valence-electron chi connectivity index (χ2n) is 2.49. The zero-order chi connectivity index (χ0) is 13.4. The average Bonchev–Trinajstić information content (AvgIpc) is 2.14. The summed E-state index contributed by atoms with van der Waals surface area (Å²) in [5.41, 5.74) is 0. The van der Waals surface area contributed by atoms with Crippen LogP contribution in [-0.4, -0.2) is 100 Å². The van der Waals surface area contributed by atoms with Gasteiger partial charge in [-0.15, -0.1) is 0 Å². The van der Waals surface area contributed by atoms with Crippen LogP contribution < -0.4 is 0 Å². The van der Waals surface area contributed by atoms with Gasteiger partial charge in [0.05, 0.1) is 13.5 Å². The van der Waals surface area contributed by atoms with Crippen molar-refractivity contribution in [2.45, 2.75) is 11.7 Å². The van der Waals surface area contributed by atoms with Crippen molar-refractivity contribution < 1.29 is 32.4 Å². The molecule has 0 radical (unpaired) electrons. The summed E-state index contributed by atoms with van der Waals surface area (Å²) in [5.74, 6) is -3.27. The molecule has 0 saturated carbocycles. The molecule has 0 aliphatic heterocycles. The Morgan fingerprint density at radius 2 is 1.82 bits per heavy atom. The fourth-order valence-corrected chi connectivity index (χ4v) is 1.41. The summed E-state index contributed by atoms with van der Waals surface area (Å²) >= 11 is 1.13. The molecule has 90 valence electrons. The van der Waals surface area contributed by atoms with Gasteiger partial charge in [-0.3, -0.25) is 13.8 Å². The minimum atomic E-state index is -4.33. The van der Waals surface area contributed by atoms with Crippen molar-refractivity contribution in [1.29, 1.82) is 0 Å². The summed E-state index contributed by atoms with van der Waals surface area (Å²) < 4.78 is 27.4. The SMILES string of the molecule is C=[CH][Na].COS(=O)(=O)C(CC(=O)O)C(=O)O.[NaH]. The zero-order valence-electron chi connectivity index (χ0n) is 8.91. The second kappa shape index (κ2) is 11.7. The van der Waals surface area contributed by atoms with Gasteiger partial charge in [-0.25, -0.2) is 0 Å². The van der Waals surface area contributed by atoms with Crippen LogP contribution >= 0.6 is 0 Å². The van der Waals surface area contributed by atoms with Gasteiger partial charge in [0.2, 0.25) is 0 Å². The van der Waals surface area contributed by atoms with Crippen LogP contribution in [0.5, 0.6) is 0 Å². The van der Waals surface area contributed by atoms with Crippen molar-refractivity contribution in [1.82, 2.24) is 0 Å².